The molecule has 4 nitrogen and oxygen atoms in total. The number of hydrogen-bond donors (Lipinski definition) is 1. The second-order valence-corrected chi connectivity index (χ2v) is 4.67. The molecule has 2 unspecified atom stereocenters. The minimum absolute atomic E-state index is 0.451. The summed E-state index contributed by atoms with van der Waals surface area (Å²) in [6.07, 6.45) is 0. The molecule has 1 fully saturated rings. The summed E-state index contributed by atoms with van der Waals surface area (Å²) in [5, 5.41) is 9.12. The number of carboxylic acids is 1. The fraction of sp³-hybridized carbons (Fsp3) is 0.800. The van der Waals surface area contributed by atoms with Crippen LogP contribution in [0, 0.1) is 16.2 Å². The van der Waals surface area contributed by atoms with E-state index in [1.165, 1.54) is 7.11 Å². The van der Waals surface area contributed by atoms with Crippen molar-refractivity contribution in [3.05, 3.63) is 0 Å². The highest BCUT2D eigenvalue weighted by Crippen LogP contribution is 2.78. The summed E-state index contributed by atoms with van der Waals surface area (Å²) in [6.45, 7) is 6.79. The van der Waals surface area contributed by atoms with Crippen LogP contribution in [0.2, 0.25) is 0 Å². The van der Waals surface area contributed by atoms with Crippen LogP contribution in [0.1, 0.15) is 27.7 Å². The summed E-state index contributed by atoms with van der Waals surface area (Å²) in [5.41, 5.74) is -2.54. The van der Waals surface area contributed by atoms with Gasteiger partial charge < -0.3 is 9.84 Å². The molecule has 1 aliphatic rings. The van der Waals surface area contributed by atoms with Crippen LogP contribution in [0.3, 0.4) is 0 Å². The van der Waals surface area contributed by atoms with Crippen LogP contribution < -0.4 is 0 Å². The minimum atomic E-state index is -1.03. The predicted molar refractivity (Wildman–Crippen MR) is 49.6 cm³/mol. The fourth-order valence-corrected chi connectivity index (χ4v) is 2.49. The SMILES string of the molecule is COC(=O)C1(C)C(C)(C)C1(C)C(=O)O. The van der Waals surface area contributed by atoms with Gasteiger partial charge in [-0.1, -0.05) is 13.8 Å². The maximum atomic E-state index is 11.5. The van der Waals surface area contributed by atoms with Crippen LogP contribution in [0.15, 0.2) is 0 Å². The molecule has 0 aliphatic heterocycles. The number of hydrogen-bond acceptors (Lipinski definition) is 3. The van der Waals surface area contributed by atoms with Crippen LogP contribution in [-0.2, 0) is 14.3 Å². The van der Waals surface area contributed by atoms with Gasteiger partial charge in [-0.3, -0.25) is 9.59 Å². The number of rotatable bonds is 2. The Morgan fingerprint density at radius 3 is 1.71 bits per heavy atom. The molecule has 0 amide bonds. The van der Waals surface area contributed by atoms with Crippen molar-refractivity contribution in [1.82, 2.24) is 0 Å². The van der Waals surface area contributed by atoms with Crippen molar-refractivity contribution in [2.24, 2.45) is 16.2 Å². The first-order valence-electron chi connectivity index (χ1n) is 4.49. The normalized spacial score (nSPS) is 38.9. The van der Waals surface area contributed by atoms with Crippen molar-refractivity contribution in [1.29, 1.82) is 0 Å². The molecule has 0 heterocycles. The molecule has 80 valence electrons. The van der Waals surface area contributed by atoms with Crippen LogP contribution >= 0.6 is 0 Å². The average Bonchev–Trinajstić information content (AvgIpc) is 2.46. The zero-order valence-corrected chi connectivity index (χ0v) is 9.17. The summed E-state index contributed by atoms with van der Waals surface area (Å²) in [7, 11) is 1.28. The molecule has 1 rings (SSSR count). The van der Waals surface area contributed by atoms with E-state index in [2.05, 4.69) is 4.74 Å². The number of methoxy groups -OCH3 is 1. The Morgan fingerprint density at radius 1 is 1.07 bits per heavy atom. The summed E-state index contributed by atoms with van der Waals surface area (Å²) < 4.78 is 4.66. The van der Waals surface area contributed by atoms with Gasteiger partial charge >= 0.3 is 11.9 Å². The molecule has 0 aromatic heterocycles. The van der Waals surface area contributed by atoms with E-state index in [9.17, 15) is 9.59 Å². The maximum Gasteiger partial charge on any atom is 0.313 e. The Kier molecular flexibility index (Phi) is 1.96. The second kappa shape index (κ2) is 2.49. The molecule has 2 atom stereocenters. The molecule has 1 saturated carbocycles. The Balaban J connectivity index is 3.18. The molecule has 0 saturated heterocycles. The van der Waals surface area contributed by atoms with E-state index in [1.54, 1.807) is 27.7 Å². The van der Waals surface area contributed by atoms with Gasteiger partial charge in [0.05, 0.1) is 17.9 Å². The number of carbonyl (C=O) groups excluding carboxylic acids is 1. The largest absolute Gasteiger partial charge is 0.481 e. The van der Waals surface area contributed by atoms with E-state index in [-0.39, 0.29) is 0 Å². The summed E-state index contributed by atoms with van der Waals surface area (Å²) >= 11 is 0. The fourth-order valence-electron chi connectivity index (χ4n) is 2.49. The zero-order chi connectivity index (χ0) is 11.4. The molecule has 1 aliphatic carbocycles. The smallest absolute Gasteiger partial charge is 0.313 e. The predicted octanol–water partition coefficient (Wildman–Crippen LogP) is 1.30. The van der Waals surface area contributed by atoms with Gasteiger partial charge in [0.15, 0.2) is 0 Å². The number of carboxylic acid groups (broad SMARTS) is 1. The van der Waals surface area contributed by atoms with Crippen molar-refractivity contribution in [3.8, 4) is 0 Å². The third-order valence-corrected chi connectivity index (χ3v) is 4.46. The van der Waals surface area contributed by atoms with Crippen molar-refractivity contribution < 1.29 is 19.4 Å². The van der Waals surface area contributed by atoms with E-state index in [0.717, 1.165) is 0 Å². The molecule has 0 aromatic rings. The Morgan fingerprint density at radius 2 is 1.50 bits per heavy atom. The third-order valence-electron chi connectivity index (χ3n) is 4.46. The lowest BCUT2D eigenvalue weighted by Gasteiger charge is -2.11. The summed E-state index contributed by atoms with van der Waals surface area (Å²) in [4.78, 5) is 22.7. The maximum absolute atomic E-state index is 11.5. The highest BCUT2D eigenvalue weighted by atomic mass is 16.5. The van der Waals surface area contributed by atoms with Crippen LogP contribution in [-0.4, -0.2) is 24.2 Å². The second-order valence-electron chi connectivity index (χ2n) is 4.67. The van der Waals surface area contributed by atoms with Gasteiger partial charge in [-0.2, -0.15) is 0 Å². The van der Waals surface area contributed by atoms with Crippen LogP contribution in [0.25, 0.3) is 0 Å². The van der Waals surface area contributed by atoms with Gasteiger partial charge in [0.25, 0.3) is 0 Å². The monoisotopic (exact) mass is 200 g/mol. The van der Waals surface area contributed by atoms with E-state index in [0.29, 0.717) is 0 Å². The third kappa shape index (κ3) is 0.751. The van der Waals surface area contributed by atoms with Crippen molar-refractivity contribution in [2.45, 2.75) is 27.7 Å². The number of ether oxygens (including phenoxy) is 1. The van der Waals surface area contributed by atoms with Gasteiger partial charge in [-0.05, 0) is 19.3 Å². The number of esters is 1. The van der Waals surface area contributed by atoms with Gasteiger partial charge in [-0.15, -0.1) is 0 Å². The lowest BCUT2D eigenvalue weighted by atomic mass is 9.97. The molecular weight excluding hydrogens is 184 g/mol. The Labute approximate surface area is 83.2 Å². The van der Waals surface area contributed by atoms with Gasteiger partial charge in [0, 0.05) is 0 Å². The molecule has 0 bridgehead atoms. The van der Waals surface area contributed by atoms with Crippen LogP contribution in [0.4, 0.5) is 0 Å². The van der Waals surface area contributed by atoms with Crippen molar-refractivity contribution in [2.75, 3.05) is 7.11 Å². The molecule has 0 aromatic carbocycles. The highest BCUT2D eigenvalue weighted by molar-refractivity contribution is 5.95. The molecule has 4 heteroatoms. The van der Waals surface area contributed by atoms with Gasteiger partial charge in [0.2, 0.25) is 0 Å². The lowest BCUT2D eigenvalue weighted by Crippen LogP contribution is -2.26. The molecular formula is C10H16O4. The standard InChI is InChI=1S/C10H16O4/c1-8(2)9(3,6(11)12)10(8,4)7(13)14-5/h1-5H3,(H,11,12). The quantitative estimate of drug-likeness (QED) is 0.682. The van der Waals surface area contributed by atoms with Gasteiger partial charge in [0.1, 0.15) is 0 Å². The zero-order valence-electron chi connectivity index (χ0n) is 9.17. The Hall–Kier alpha value is -1.06. The van der Waals surface area contributed by atoms with Crippen LogP contribution in [0.5, 0.6) is 0 Å². The first-order valence-corrected chi connectivity index (χ1v) is 4.49. The lowest BCUT2D eigenvalue weighted by molar-refractivity contribution is -0.154. The molecule has 0 spiro atoms. The first kappa shape index (κ1) is 11.0. The van der Waals surface area contributed by atoms with E-state index >= 15 is 0 Å². The van der Waals surface area contributed by atoms with E-state index in [1.807, 2.05) is 0 Å². The Bertz CT molecular complexity index is 307. The topological polar surface area (TPSA) is 63.6 Å². The first-order chi connectivity index (χ1) is 6.17. The van der Waals surface area contributed by atoms with Crippen molar-refractivity contribution >= 4 is 11.9 Å². The van der Waals surface area contributed by atoms with E-state index < -0.39 is 28.2 Å². The minimum Gasteiger partial charge on any atom is -0.481 e. The number of aliphatic carboxylic acids is 1. The van der Waals surface area contributed by atoms with E-state index in [4.69, 9.17) is 5.11 Å². The highest BCUT2D eigenvalue weighted by Gasteiger charge is 2.85. The van der Waals surface area contributed by atoms with Crippen molar-refractivity contribution in [3.63, 3.8) is 0 Å². The summed E-state index contributed by atoms with van der Waals surface area (Å²) in [6, 6.07) is 0. The average molecular weight is 200 g/mol. The van der Waals surface area contributed by atoms with Gasteiger partial charge in [-0.25, -0.2) is 0 Å². The summed E-state index contributed by atoms with van der Waals surface area (Å²) in [5.74, 6) is -1.40. The molecule has 14 heavy (non-hydrogen) atoms. The molecule has 0 radical (unpaired) electrons. The number of carbonyl (C=O) groups is 2. The molecule has 1 N–H and O–H groups in total.